The fourth-order valence-electron chi connectivity index (χ4n) is 3.34. The second-order valence-corrected chi connectivity index (χ2v) is 7.07. The molecular weight excluding hydrogens is 256 g/mol. The molecule has 1 atom stereocenters. The van der Waals surface area contributed by atoms with E-state index < -0.39 is 0 Å². The van der Waals surface area contributed by atoms with Crippen LogP contribution in [-0.4, -0.2) is 37.1 Å². The second-order valence-electron chi connectivity index (χ2n) is 7.07. The van der Waals surface area contributed by atoms with Gasteiger partial charge >= 0.3 is 0 Å². The maximum Gasteiger partial charge on any atom is 0.00915 e. The first kappa shape index (κ1) is 15.1. The maximum absolute atomic E-state index is 3.77. The fraction of sp³-hybridized carbons (Fsp3) is 0.684. The van der Waals surface area contributed by atoms with Crippen molar-refractivity contribution in [2.24, 2.45) is 5.92 Å². The third-order valence-electron chi connectivity index (χ3n) is 5.23. The molecule has 2 nitrogen and oxygen atoms in total. The molecule has 0 radical (unpaired) electrons. The van der Waals surface area contributed by atoms with Crippen molar-refractivity contribution in [2.75, 3.05) is 26.2 Å². The van der Waals surface area contributed by atoms with E-state index in [2.05, 4.69) is 47.5 Å². The van der Waals surface area contributed by atoms with E-state index in [0.717, 1.165) is 12.0 Å². The Balaban J connectivity index is 1.33. The second kappa shape index (κ2) is 7.42. The molecule has 1 saturated heterocycles. The number of hydrogen-bond acceptors (Lipinski definition) is 2. The Hall–Kier alpha value is -0.860. The Morgan fingerprint density at radius 2 is 1.81 bits per heavy atom. The molecule has 0 amide bonds. The topological polar surface area (TPSA) is 15.3 Å². The van der Waals surface area contributed by atoms with Crippen molar-refractivity contribution in [3.8, 4) is 0 Å². The summed E-state index contributed by atoms with van der Waals surface area (Å²) in [6.45, 7) is 7.45. The van der Waals surface area contributed by atoms with Crippen molar-refractivity contribution in [3.63, 3.8) is 0 Å². The summed E-state index contributed by atoms with van der Waals surface area (Å²) >= 11 is 0. The zero-order chi connectivity index (χ0) is 14.5. The Labute approximate surface area is 129 Å². The number of rotatable bonds is 7. The van der Waals surface area contributed by atoms with Crippen LogP contribution in [0, 0.1) is 5.92 Å². The van der Waals surface area contributed by atoms with Gasteiger partial charge in [-0.25, -0.2) is 0 Å². The van der Waals surface area contributed by atoms with Gasteiger partial charge in [-0.05, 0) is 75.7 Å². The summed E-state index contributed by atoms with van der Waals surface area (Å²) in [5.74, 6) is 1.69. The van der Waals surface area contributed by atoms with Gasteiger partial charge < -0.3 is 10.2 Å². The number of piperidine rings is 1. The third-order valence-corrected chi connectivity index (χ3v) is 5.23. The van der Waals surface area contributed by atoms with Crippen LogP contribution in [0.2, 0.25) is 0 Å². The van der Waals surface area contributed by atoms with Crippen molar-refractivity contribution >= 4 is 0 Å². The van der Waals surface area contributed by atoms with E-state index in [0.29, 0.717) is 5.92 Å². The van der Waals surface area contributed by atoms with E-state index in [1.807, 2.05) is 0 Å². The summed E-state index contributed by atoms with van der Waals surface area (Å²) in [6.07, 6.45) is 6.88. The standard InChI is InChI=1S/C19H30N2/c1-16(18-5-3-2-4-6-18)9-12-21-13-10-19(11-14-21)20-15-17-7-8-17/h2-6,16-17,19-20H,7-15H2,1H3. The average Bonchev–Trinajstić information content (AvgIpc) is 3.37. The minimum atomic E-state index is 0.678. The predicted octanol–water partition coefficient (Wildman–Crippen LogP) is 3.64. The molecule has 3 rings (SSSR count). The zero-order valence-electron chi connectivity index (χ0n) is 13.4. The van der Waals surface area contributed by atoms with Crippen LogP contribution in [0.25, 0.3) is 0 Å². The molecule has 2 aliphatic rings. The summed E-state index contributed by atoms with van der Waals surface area (Å²) in [5, 5.41) is 3.77. The van der Waals surface area contributed by atoms with E-state index in [4.69, 9.17) is 0 Å². The normalized spacial score (nSPS) is 22.3. The highest BCUT2D eigenvalue weighted by Crippen LogP contribution is 2.28. The molecule has 1 unspecified atom stereocenters. The first-order valence-electron chi connectivity index (χ1n) is 8.82. The summed E-state index contributed by atoms with van der Waals surface area (Å²) in [5.41, 5.74) is 1.48. The van der Waals surface area contributed by atoms with E-state index in [1.165, 1.54) is 63.8 Å². The minimum Gasteiger partial charge on any atom is -0.314 e. The smallest absolute Gasteiger partial charge is 0.00915 e. The molecule has 1 saturated carbocycles. The molecule has 0 spiro atoms. The van der Waals surface area contributed by atoms with E-state index in [-0.39, 0.29) is 0 Å². The Morgan fingerprint density at radius 3 is 2.48 bits per heavy atom. The van der Waals surface area contributed by atoms with E-state index >= 15 is 0 Å². The molecule has 116 valence electrons. The molecule has 1 heterocycles. The number of benzene rings is 1. The summed E-state index contributed by atoms with van der Waals surface area (Å²) in [4.78, 5) is 2.66. The summed E-state index contributed by atoms with van der Waals surface area (Å²) in [7, 11) is 0. The van der Waals surface area contributed by atoms with Crippen molar-refractivity contribution in [1.29, 1.82) is 0 Å². The highest BCUT2D eigenvalue weighted by atomic mass is 15.1. The third kappa shape index (κ3) is 4.82. The van der Waals surface area contributed by atoms with Gasteiger partial charge in [0.1, 0.15) is 0 Å². The number of likely N-dealkylation sites (tertiary alicyclic amines) is 1. The van der Waals surface area contributed by atoms with E-state index in [9.17, 15) is 0 Å². The van der Waals surface area contributed by atoms with Gasteiger partial charge in [0.25, 0.3) is 0 Å². The molecule has 2 fully saturated rings. The largest absolute Gasteiger partial charge is 0.314 e. The summed E-state index contributed by atoms with van der Waals surface area (Å²) < 4.78 is 0. The van der Waals surface area contributed by atoms with Crippen LogP contribution in [0.1, 0.15) is 50.5 Å². The van der Waals surface area contributed by atoms with Crippen molar-refractivity contribution in [2.45, 2.75) is 51.0 Å². The van der Waals surface area contributed by atoms with Gasteiger partial charge in [0.2, 0.25) is 0 Å². The van der Waals surface area contributed by atoms with Crippen LogP contribution in [0.4, 0.5) is 0 Å². The molecular formula is C19H30N2. The van der Waals surface area contributed by atoms with Crippen molar-refractivity contribution in [3.05, 3.63) is 35.9 Å². The molecule has 2 heteroatoms. The molecule has 1 aliphatic heterocycles. The van der Waals surface area contributed by atoms with Gasteiger partial charge in [-0.2, -0.15) is 0 Å². The molecule has 21 heavy (non-hydrogen) atoms. The molecule has 1 N–H and O–H groups in total. The van der Waals surface area contributed by atoms with Crippen LogP contribution < -0.4 is 5.32 Å². The predicted molar refractivity (Wildman–Crippen MR) is 89.7 cm³/mol. The lowest BCUT2D eigenvalue weighted by Crippen LogP contribution is -2.43. The van der Waals surface area contributed by atoms with Gasteiger partial charge in [-0.1, -0.05) is 37.3 Å². The van der Waals surface area contributed by atoms with Crippen LogP contribution in [0.3, 0.4) is 0 Å². The molecule has 0 bridgehead atoms. The molecule has 1 aromatic rings. The van der Waals surface area contributed by atoms with Crippen molar-refractivity contribution in [1.82, 2.24) is 10.2 Å². The first-order chi connectivity index (χ1) is 10.3. The Kier molecular flexibility index (Phi) is 5.32. The van der Waals surface area contributed by atoms with Crippen molar-refractivity contribution < 1.29 is 0 Å². The molecule has 1 aliphatic carbocycles. The number of nitrogens with zero attached hydrogens (tertiary/aromatic N) is 1. The maximum atomic E-state index is 3.77. The Morgan fingerprint density at radius 1 is 1.10 bits per heavy atom. The van der Waals surface area contributed by atoms with Crippen LogP contribution in [0.15, 0.2) is 30.3 Å². The fourth-order valence-corrected chi connectivity index (χ4v) is 3.34. The lowest BCUT2D eigenvalue weighted by molar-refractivity contribution is 0.192. The average molecular weight is 286 g/mol. The Bertz CT molecular complexity index is 405. The quantitative estimate of drug-likeness (QED) is 0.823. The van der Waals surface area contributed by atoms with Gasteiger partial charge in [0.05, 0.1) is 0 Å². The molecule has 0 aromatic heterocycles. The highest BCUT2D eigenvalue weighted by molar-refractivity contribution is 5.18. The zero-order valence-corrected chi connectivity index (χ0v) is 13.4. The van der Waals surface area contributed by atoms with Gasteiger partial charge in [0, 0.05) is 6.04 Å². The van der Waals surface area contributed by atoms with Gasteiger partial charge in [-0.15, -0.1) is 0 Å². The van der Waals surface area contributed by atoms with E-state index in [1.54, 1.807) is 0 Å². The van der Waals surface area contributed by atoms with Gasteiger partial charge in [-0.3, -0.25) is 0 Å². The van der Waals surface area contributed by atoms with Gasteiger partial charge in [0.15, 0.2) is 0 Å². The minimum absolute atomic E-state index is 0.678. The number of hydrogen-bond donors (Lipinski definition) is 1. The number of nitrogens with one attached hydrogen (secondary N) is 1. The van der Waals surface area contributed by atoms with Crippen LogP contribution in [0.5, 0.6) is 0 Å². The lowest BCUT2D eigenvalue weighted by atomic mass is 9.97. The van der Waals surface area contributed by atoms with Crippen LogP contribution >= 0.6 is 0 Å². The first-order valence-corrected chi connectivity index (χ1v) is 8.82. The summed E-state index contributed by atoms with van der Waals surface area (Å²) in [6, 6.07) is 11.7. The lowest BCUT2D eigenvalue weighted by Gasteiger charge is -2.33. The monoisotopic (exact) mass is 286 g/mol. The molecule has 1 aromatic carbocycles. The van der Waals surface area contributed by atoms with Crippen LogP contribution in [-0.2, 0) is 0 Å². The highest BCUT2D eigenvalue weighted by Gasteiger charge is 2.24. The SMILES string of the molecule is CC(CCN1CCC(NCC2CC2)CC1)c1ccccc1.